The quantitative estimate of drug-likeness (QED) is 0.721. The van der Waals surface area contributed by atoms with Gasteiger partial charge in [0, 0.05) is 22.9 Å². The predicted molar refractivity (Wildman–Crippen MR) is 98.5 cm³/mol. The van der Waals surface area contributed by atoms with Crippen LogP contribution in [0.2, 0.25) is 0 Å². The van der Waals surface area contributed by atoms with Crippen molar-refractivity contribution in [3.8, 4) is 0 Å². The molecule has 1 N–H and O–H groups in total. The third-order valence-corrected chi connectivity index (χ3v) is 4.48. The standard InChI is InChI=1S/C18H15BrFN3O2/c1-3-23-9-13(16(24)12-6-4-10(2)21-17(12)23)18(25)22-15-7-5-11(20)8-14(15)19/h4-9H,3H2,1-2H3,(H,22,25). The fourth-order valence-electron chi connectivity index (χ4n) is 2.54. The molecular weight excluding hydrogens is 389 g/mol. The molecule has 7 heteroatoms. The number of aromatic nitrogens is 2. The summed E-state index contributed by atoms with van der Waals surface area (Å²) >= 11 is 3.19. The third kappa shape index (κ3) is 3.32. The molecule has 0 unspecified atom stereocenters. The van der Waals surface area contributed by atoms with Crippen molar-refractivity contribution in [3.63, 3.8) is 0 Å². The minimum absolute atomic E-state index is 0.0104. The molecular formula is C18H15BrFN3O2. The number of nitrogens with one attached hydrogen (secondary N) is 1. The van der Waals surface area contributed by atoms with Gasteiger partial charge in [-0.05, 0) is 60.1 Å². The highest BCUT2D eigenvalue weighted by Crippen LogP contribution is 2.23. The maximum atomic E-state index is 13.2. The van der Waals surface area contributed by atoms with Gasteiger partial charge in [0.15, 0.2) is 0 Å². The third-order valence-electron chi connectivity index (χ3n) is 3.83. The van der Waals surface area contributed by atoms with Crippen LogP contribution in [0.25, 0.3) is 11.0 Å². The molecule has 2 aromatic heterocycles. The zero-order valence-corrected chi connectivity index (χ0v) is 15.2. The molecule has 0 aliphatic heterocycles. The maximum Gasteiger partial charge on any atom is 0.261 e. The summed E-state index contributed by atoms with van der Waals surface area (Å²) in [6.07, 6.45) is 1.50. The van der Waals surface area contributed by atoms with Crippen LogP contribution in [0, 0.1) is 12.7 Å². The van der Waals surface area contributed by atoms with Gasteiger partial charge in [0.2, 0.25) is 5.43 Å². The van der Waals surface area contributed by atoms with Crippen molar-refractivity contribution in [2.45, 2.75) is 20.4 Å². The molecule has 0 atom stereocenters. The second-order valence-electron chi connectivity index (χ2n) is 5.56. The van der Waals surface area contributed by atoms with E-state index in [0.29, 0.717) is 27.7 Å². The predicted octanol–water partition coefficient (Wildman–Crippen LogP) is 3.88. The summed E-state index contributed by atoms with van der Waals surface area (Å²) in [6.45, 7) is 4.32. The van der Waals surface area contributed by atoms with E-state index in [1.807, 2.05) is 13.8 Å². The van der Waals surface area contributed by atoms with Crippen molar-refractivity contribution in [3.05, 3.63) is 68.3 Å². The van der Waals surface area contributed by atoms with Crippen molar-refractivity contribution >= 4 is 38.6 Å². The zero-order valence-electron chi connectivity index (χ0n) is 13.6. The number of hydrogen-bond donors (Lipinski definition) is 1. The number of amides is 1. The Bertz CT molecular complexity index is 1050. The molecule has 128 valence electrons. The summed E-state index contributed by atoms with van der Waals surface area (Å²) in [6, 6.07) is 7.32. The second kappa shape index (κ2) is 6.76. The summed E-state index contributed by atoms with van der Waals surface area (Å²) in [5.74, 6) is -0.979. The van der Waals surface area contributed by atoms with E-state index < -0.39 is 11.7 Å². The van der Waals surface area contributed by atoms with E-state index in [9.17, 15) is 14.0 Å². The van der Waals surface area contributed by atoms with Crippen molar-refractivity contribution < 1.29 is 9.18 Å². The first-order valence-corrected chi connectivity index (χ1v) is 8.47. The number of nitrogens with zero attached hydrogens (tertiary/aromatic N) is 2. The Balaban J connectivity index is 2.08. The highest BCUT2D eigenvalue weighted by Gasteiger charge is 2.17. The first-order chi connectivity index (χ1) is 11.9. The number of anilines is 1. The van der Waals surface area contributed by atoms with E-state index in [4.69, 9.17) is 0 Å². The van der Waals surface area contributed by atoms with Gasteiger partial charge in [0.25, 0.3) is 5.91 Å². The smallest absolute Gasteiger partial charge is 0.261 e. The Morgan fingerprint density at radius 2 is 2.08 bits per heavy atom. The van der Waals surface area contributed by atoms with Crippen LogP contribution in [0.5, 0.6) is 0 Å². The fourth-order valence-corrected chi connectivity index (χ4v) is 2.99. The lowest BCUT2D eigenvalue weighted by Crippen LogP contribution is -2.24. The lowest BCUT2D eigenvalue weighted by molar-refractivity contribution is 0.102. The van der Waals surface area contributed by atoms with Gasteiger partial charge in [0.1, 0.15) is 17.0 Å². The summed E-state index contributed by atoms with van der Waals surface area (Å²) in [5.41, 5.74) is 1.35. The normalized spacial score (nSPS) is 10.9. The monoisotopic (exact) mass is 403 g/mol. The van der Waals surface area contributed by atoms with E-state index in [1.165, 1.54) is 24.4 Å². The Kier molecular flexibility index (Phi) is 4.67. The summed E-state index contributed by atoms with van der Waals surface area (Å²) in [4.78, 5) is 29.7. The van der Waals surface area contributed by atoms with Crippen molar-refractivity contribution in [2.75, 3.05) is 5.32 Å². The van der Waals surface area contributed by atoms with Crippen molar-refractivity contribution in [2.24, 2.45) is 0 Å². The lowest BCUT2D eigenvalue weighted by Gasteiger charge is -2.12. The number of benzene rings is 1. The van der Waals surface area contributed by atoms with Gasteiger partial charge in [-0.3, -0.25) is 9.59 Å². The number of rotatable bonds is 3. The van der Waals surface area contributed by atoms with E-state index in [2.05, 4.69) is 26.2 Å². The molecule has 3 rings (SSSR count). The van der Waals surface area contributed by atoms with Crippen LogP contribution < -0.4 is 10.7 Å². The van der Waals surface area contributed by atoms with Crippen LogP contribution in [0.15, 0.2) is 45.8 Å². The van der Waals surface area contributed by atoms with Crippen LogP contribution in [0.4, 0.5) is 10.1 Å². The fraction of sp³-hybridized carbons (Fsp3) is 0.167. The number of pyridine rings is 2. The topological polar surface area (TPSA) is 64.0 Å². The van der Waals surface area contributed by atoms with Gasteiger partial charge in [-0.1, -0.05) is 0 Å². The van der Waals surface area contributed by atoms with Crippen LogP contribution in [-0.4, -0.2) is 15.5 Å². The molecule has 0 radical (unpaired) electrons. The molecule has 0 saturated carbocycles. The number of carbonyl (C=O) groups excluding carboxylic acids is 1. The summed E-state index contributed by atoms with van der Waals surface area (Å²) < 4.78 is 15.3. The number of carbonyl (C=O) groups is 1. The summed E-state index contributed by atoms with van der Waals surface area (Å²) in [5, 5.41) is 3.02. The van der Waals surface area contributed by atoms with Crippen LogP contribution in [0.1, 0.15) is 23.0 Å². The first-order valence-electron chi connectivity index (χ1n) is 7.68. The highest BCUT2D eigenvalue weighted by molar-refractivity contribution is 9.10. The van der Waals surface area contributed by atoms with Gasteiger partial charge in [0.05, 0.1) is 11.1 Å². The number of halogens is 2. The van der Waals surface area contributed by atoms with Gasteiger partial charge in [-0.2, -0.15) is 0 Å². The van der Waals surface area contributed by atoms with Crippen molar-refractivity contribution in [1.82, 2.24) is 9.55 Å². The van der Waals surface area contributed by atoms with Crippen molar-refractivity contribution in [1.29, 1.82) is 0 Å². The zero-order chi connectivity index (χ0) is 18.1. The van der Waals surface area contributed by atoms with E-state index in [0.717, 1.165) is 5.69 Å². The number of fused-ring (bicyclic) bond motifs is 1. The molecule has 3 aromatic rings. The first kappa shape index (κ1) is 17.3. The molecule has 1 aromatic carbocycles. The Morgan fingerprint density at radius 1 is 1.32 bits per heavy atom. The molecule has 0 aliphatic carbocycles. The van der Waals surface area contributed by atoms with Crippen LogP contribution in [0.3, 0.4) is 0 Å². The molecule has 0 aliphatic rings. The van der Waals surface area contributed by atoms with Crippen LogP contribution in [-0.2, 0) is 6.54 Å². The van der Waals surface area contributed by atoms with E-state index in [1.54, 1.807) is 16.7 Å². The maximum absolute atomic E-state index is 13.2. The second-order valence-corrected chi connectivity index (χ2v) is 6.41. The minimum atomic E-state index is -0.554. The molecule has 0 spiro atoms. The molecule has 0 bridgehead atoms. The Labute approximate surface area is 151 Å². The summed E-state index contributed by atoms with van der Waals surface area (Å²) in [7, 11) is 0. The molecule has 2 heterocycles. The molecule has 5 nitrogen and oxygen atoms in total. The lowest BCUT2D eigenvalue weighted by atomic mass is 10.1. The molecule has 1 amide bonds. The number of aryl methyl sites for hydroxylation is 2. The van der Waals surface area contributed by atoms with Gasteiger partial charge in [-0.25, -0.2) is 9.37 Å². The van der Waals surface area contributed by atoms with E-state index in [-0.39, 0.29) is 11.0 Å². The highest BCUT2D eigenvalue weighted by atomic mass is 79.9. The molecule has 0 fully saturated rings. The van der Waals surface area contributed by atoms with E-state index >= 15 is 0 Å². The largest absolute Gasteiger partial charge is 0.332 e. The minimum Gasteiger partial charge on any atom is -0.332 e. The average Bonchev–Trinajstić information content (AvgIpc) is 2.57. The average molecular weight is 404 g/mol. The Morgan fingerprint density at radius 3 is 2.76 bits per heavy atom. The van der Waals surface area contributed by atoms with Gasteiger partial charge in [-0.15, -0.1) is 0 Å². The number of hydrogen-bond acceptors (Lipinski definition) is 3. The Hall–Kier alpha value is -2.54. The molecule has 0 saturated heterocycles. The SMILES string of the molecule is CCn1cc(C(=O)Nc2ccc(F)cc2Br)c(=O)c2ccc(C)nc21. The molecule has 25 heavy (non-hydrogen) atoms. The van der Waals surface area contributed by atoms with Crippen LogP contribution >= 0.6 is 15.9 Å². The van der Waals surface area contributed by atoms with Gasteiger partial charge < -0.3 is 9.88 Å². The van der Waals surface area contributed by atoms with Gasteiger partial charge >= 0.3 is 0 Å².